The molecule has 17 heavy (non-hydrogen) atoms. The van der Waals surface area contributed by atoms with Crippen molar-refractivity contribution in [3.63, 3.8) is 0 Å². The first-order valence-corrected chi connectivity index (χ1v) is 7.13. The van der Waals surface area contributed by atoms with Gasteiger partial charge in [0, 0.05) is 19.3 Å². The summed E-state index contributed by atoms with van der Waals surface area (Å²) in [4.78, 5) is 0. The van der Waals surface area contributed by atoms with Crippen molar-refractivity contribution in [3.05, 3.63) is 11.6 Å². The van der Waals surface area contributed by atoms with Crippen LogP contribution in [0.4, 0.5) is 0 Å². The van der Waals surface area contributed by atoms with E-state index >= 15 is 0 Å². The van der Waals surface area contributed by atoms with Crippen LogP contribution in [0, 0.1) is 5.92 Å². The van der Waals surface area contributed by atoms with Gasteiger partial charge in [-0.3, -0.25) is 0 Å². The van der Waals surface area contributed by atoms with Gasteiger partial charge in [0.05, 0.1) is 0 Å². The molecule has 1 aliphatic rings. The summed E-state index contributed by atoms with van der Waals surface area (Å²) in [7, 11) is 0. The Morgan fingerprint density at radius 2 is 2.29 bits per heavy atom. The van der Waals surface area contributed by atoms with Gasteiger partial charge < -0.3 is 10.1 Å². The molecule has 0 aliphatic carbocycles. The predicted octanol–water partition coefficient (Wildman–Crippen LogP) is 3.53. The molecule has 2 atom stereocenters. The Morgan fingerprint density at radius 3 is 2.94 bits per heavy atom. The highest BCUT2D eigenvalue weighted by atomic mass is 16.5. The highest BCUT2D eigenvalue weighted by Crippen LogP contribution is 2.17. The topological polar surface area (TPSA) is 21.3 Å². The average molecular weight is 239 g/mol. The van der Waals surface area contributed by atoms with Crippen LogP contribution in [0.3, 0.4) is 0 Å². The van der Waals surface area contributed by atoms with Crippen molar-refractivity contribution < 1.29 is 4.74 Å². The van der Waals surface area contributed by atoms with E-state index in [2.05, 4.69) is 32.2 Å². The normalized spacial score (nSPS) is 21.5. The first kappa shape index (κ1) is 14.7. The van der Waals surface area contributed by atoms with Crippen molar-refractivity contribution in [1.29, 1.82) is 0 Å². The standard InChI is InChI=1S/C15H29NO/c1-13(2)6-4-7-14(3)16-10-5-8-15-9-11-17-12-15/h6,14-16H,4-5,7-12H2,1-3H3. The molecule has 0 radical (unpaired) electrons. The molecule has 100 valence electrons. The van der Waals surface area contributed by atoms with Crippen LogP contribution in [0.2, 0.25) is 0 Å². The molecular weight excluding hydrogens is 210 g/mol. The lowest BCUT2D eigenvalue weighted by Crippen LogP contribution is -2.27. The molecule has 0 saturated carbocycles. The van der Waals surface area contributed by atoms with Crippen LogP contribution in [0.1, 0.15) is 52.9 Å². The molecule has 0 spiro atoms. The van der Waals surface area contributed by atoms with Crippen LogP contribution in [0.5, 0.6) is 0 Å². The van der Waals surface area contributed by atoms with E-state index in [1.165, 1.54) is 37.7 Å². The molecule has 0 bridgehead atoms. The summed E-state index contributed by atoms with van der Waals surface area (Å²) in [5.41, 5.74) is 1.43. The molecule has 2 heteroatoms. The molecule has 2 nitrogen and oxygen atoms in total. The van der Waals surface area contributed by atoms with Gasteiger partial charge in [-0.1, -0.05) is 11.6 Å². The van der Waals surface area contributed by atoms with Crippen LogP contribution in [0.25, 0.3) is 0 Å². The number of rotatable bonds is 8. The molecule has 1 fully saturated rings. The van der Waals surface area contributed by atoms with E-state index in [0.29, 0.717) is 6.04 Å². The summed E-state index contributed by atoms with van der Waals surface area (Å²) >= 11 is 0. The maximum absolute atomic E-state index is 5.38. The van der Waals surface area contributed by atoms with Crippen LogP contribution < -0.4 is 5.32 Å². The molecule has 2 unspecified atom stereocenters. The average Bonchev–Trinajstić information content (AvgIpc) is 2.76. The van der Waals surface area contributed by atoms with Gasteiger partial charge in [-0.15, -0.1) is 0 Å². The Morgan fingerprint density at radius 1 is 1.47 bits per heavy atom. The Hall–Kier alpha value is -0.340. The zero-order valence-corrected chi connectivity index (χ0v) is 11.8. The highest BCUT2D eigenvalue weighted by Gasteiger charge is 2.14. The van der Waals surface area contributed by atoms with E-state index in [0.717, 1.165) is 25.7 Å². The van der Waals surface area contributed by atoms with Crippen LogP contribution >= 0.6 is 0 Å². The van der Waals surface area contributed by atoms with E-state index in [1.807, 2.05) is 0 Å². The van der Waals surface area contributed by atoms with E-state index in [-0.39, 0.29) is 0 Å². The summed E-state index contributed by atoms with van der Waals surface area (Å²) in [6, 6.07) is 0.644. The molecule has 0 aromatic rings. The van der Waals surface area contributed by atoms with Crippen molar-refractivity contribution in [2.24, 2.45) is 5.92 Å². The summed E-state index contributed by atoms with van der Waals surface area (Å²) in [5, 5.41) is 3.61. The van der Waals surface area contributed by atoms with E-state index in [1.54, 1.807) is 0 Å². The first-order valence-electron chi connectivity index (χ1n) is 7.13. The summed E-state index contributed by atoms with van der Waals surface area (Å²) < 4.78 is 5.38. The lowest BCUT2D eigenvalue weighted by atomic mass is 10.0. The molecule has 0 aromatic carbocycles. The highest BCUT2D eigenvalue weighted by molar-refractivity contribution is 4.93. The van der Waals surface area contributed by atoms with Crippen LogP contribution in [-0.2, 0) is 4.74 Å². The van der Waals surface area contributed by atoms with Crippen molar-refractivity contribution in [2.75, 3.05) is 19.8 Å². The van der Waals surface area contributed by atoms with Gasteiger partial charge >= 0.3 is 0 Å². The van der Waals surface area contributed by atoms with E-state index < -0.39 is 0 Å². The zero-order valence-electron chi connectivity index (χ0n) is 11.8. The minimum absolute atomic E-state index is 0.644. The monoisotopic (exact) mass is 239 g/mol. The van der Waals surface area contributed by atoms with Gasteiger partial charge in [0.1, 0.15) is 0 Å². The van der Waals surface area contributed by atoms with Crippen molar-refractivity contribution in [3.8, 4) is 0 Å². The SMILES string of the molecule is CC(C)=CCCC(C)NCCCC1CCOC1. The molecule has 1 saturated heterocycles. The van der Waals surface area contributed by atoms with Gasteiger partial charge in [-0.2, -0.15) is 0 Å². The lowest BCUT2D eigenvalue weighted by Gasteiger charge is -2.13. The minimum Gasteiger partial charge on any atom is -0.381 e. The van der Waals surface area contributed by atoms with Gasteiger partial charge in [-0.05, 0) is 65.3 Å². The van der Waals surface area contributed by atoms with Crippen molar-refractivity contribution >= 4 is 0 Å². The maximum Gasteiger partial charge on any atom is 0.0495 e. The summed E-state index contributed by atoms with van der Waals surface area (Å²) in [6.45, 7) is 9.76. The molecule has 0 amide bonds. The second kappa shape index (κ2) is 8.71. The third-order valence-electron chi connectivity index (χ3n) is 3.46. The fourth-order valence-electron chi connectivity index (χ4n) is 2.27. The fraction of sp³-hybridized carbons (Fsp3) is 0.867. The first-order chi connectivity index (χ1) is 8.18. The van der Waals surface area contributed by atoms with Gasteiger partial charge in [0.2, 0.25) is 0 Å². The minimum atomic E-state index is 0.644. The Balaban J connectivity index is 1.92. The zero-order chi connectivity index (χ0) is 12.5. The molecule has 0 aromatic heterocycles. The smallest absolute Gasteiger partial charge is 0.0495 e. The van der Waals surface area contributed by atoms with Crippen LogP contribution in [0.15, 0.2) is 11.6 Å². The number of hydrogen-bond donors (Lipinski definition) is 1. The number of hydrogen-bond acceptors (Lipinski definition) is 2. The molecular formula is C15H29NO. The van der Waals surface area contributed by atoms with Crippen molar-refractivity contribution in [2.45, 2.75) is 58.9 Å². The number of allylic oxidation sites excluding steroid dienone is 2. The Labute approximate surface area is 107 Å². The second-order valence-electron chi connectivity index (χ2n) is 5.59. The predicted molar refractivity (Wildman–Crippen MR) is 74.3 cm³/mol. The largest absolute Gasteiger partial charge is 0.381 e. The van der Waals surface area contributed by atoms with Gasteiger partial charge in [-0.25, -0.2) is 0 Å². The third-order valence-corrected chi connectivity index (χ3v) is 3.46. The number of nitrogens with one attached hydrogen (secondary N) is 1. The molecule has 1 aliphatic heterocycles. The third kappa shape index (κ3) is 7.56. The second-order valence-corrected chi connectivity index (χ2v) is 5.59. The molecule has 1 N–H and O–H groups in total. The quantitative estimate of drug-likeness (QED) is 0.517. The van der Waals surface area contributed by atoms with Crippen LogP contribution in [-0.4, -0.2) is 25.8 Å². The van der Waals surface area contributed by atoms with Gasteiger partial charge in [0.25, 0.3) is 0 Å². The van der Waals surface area contributed by atoms with E-state index in [4.69, 9.17) is 4.74 Å². The maximum atomic E-state index is 5.38. The number of ether oxygens (including phenoxy) is 1. The molecule has 1 rings (SSSR count). The Bertz CT molecular complexity index is 215. The summed E-state index contributed by atoms with van der Waals surface area (Å²) in [6.07, 6.45) is 8.67. The van der Waals surface area contributed by atoms with Crippen molar-refractivity contribution in [1.82, 2.24) is 5.32 Å². The Kier molecular flexibility index (Phi) is 7.54. The van der Waals surface area contributed by atoms with Gasteiger partial charge in [0.15, 0.2) is 0 Å². The molecule has 1 heterocycles. The lowest BCUT2D eigenvalue weighted by molar-refractivity contribution is 0.183. The van der Waals surface area contributed by atoms with E-state index in [9.17, 15) is 0 Å². The fourth-order valence-corrected chi connectivity index (χ4v) is 2.27. The summed E-state index contributed by atoms with van der Waals surface area (Å²) in [5.74, 6) is 0.831.